The Kier molecular flexibility index (Phi) is 4.08. The van der Waals surface area contributed by atoms with E-state index in [1.54, 1.807) is 16.4 Å². The molecule has 1 aromatic rings. The van der Waals surface area contributed by atoms with Crippen LogP contribution in [-0.4, -0.2) is 45.7 Å². The van der Waals surface area contributed by atoms with Gasteiger partial charge in [0.15, 0.2) is 11.5 Å². The van der Waals surface area contributed by atoms with E-state index >= 15 is 0 Å². The number of amides is 1. The van der Waals surface area contributed by atoms with Crippen molar-refractivity contribution < 1.29 is 4.79 Å². The second-order valence-electron chi connectivity index (χ2n) is 3.30. The Morgan fingerprint density at radius 2 is 2.38 bits per heavy atom. The molecule has 10 heteroatoms. The molecule has 1 aliphatic rings. The van der Waals surface area contributed by atoms with Gasteiger partial charge >= 0.3 is 0 Å². The smallest absolute Gasteiger partial charge is 0.276 e. The lowest BCUT2D eigenvalue weighted by molar-refractivity contribution is 0.0798. The number of likely N-dealkylation sites (N-methyl/N-ethyl adjacent to an activating group) is 1. The predicted molar refractivity (Wildman–Crippen MR) is 75.5 cm³/mol. The zero-order valence-corrected chi connectivity index (χ0v) is 12.9. The van der Waals surface area contributed by atoms with Crippen LogP contribution >= 0.6 is 33.3 Å². The molecule has 0 spiro atoms. The van der Waals surface area contributed by atoms with Crippen molar-refractivity contribution in [2.24, 2.45) is 0 Å². The number of carbonyl (C=O) groups is 1. The molecule has 4 atom stereocenters. The first-order chi connectivity index (χ1) is 7.65. The molecule has 2 rings (SSSR count). The number of rotatable bonds is 2. The highest BCUT2D eigenvalue weighted by Gasteiger charge is 2.27. The summed E-state index contributed by atoms with van der Waals surface area (Å²) in [6.45, 7) is 1.40. The van der Waals surface area contributed by atoms with Crippen LogP contribution in [0.3, 0.4) is 0 Å². The van der Waals surface area contributed by atoms with Gasteiger partial charge in [0.25, 0.3) is 5.91 Å². The molecule has 16 heavy (non-hydrogen) atoms. The molecule has 0 aromatic carbocycles. The van der Waals surface area contributed by atoms with Gasteiger partial charge in [-0.2, -0.15) is 0 Å². The Hall–Kier alpha value is 0.130. The first-order valence-electron chi connectivity index (χ1n) is 4.61. The van der Waals surface area contributed by atoms with Crippen LogP contribution in [0.25, 0.3) is 0 Å². The van der Waals surface area contributed by atoms with Gasteiger partial charge in [-0.1, -0.05) is 14.1 Å². The van der Waals surface area contributed by atoms with E-state index in [1.165, 1.54) is 0 Å². The molecule has 6 nitrogen and oxygen atoms in total. The Bertz CT molecular complexity index is 410. The highest BCUT2D eigenvalue weighted by molar-refractivity contribution is 8.60. The number of nitrogens with zero attached hydrogens (tertiary/aromatic N) is 4. The third kappa shape index (κ3) is 2.22. The van der Waals surface area contributed by atoms with E-state index in [4.69, 9.17) is 0 Å². The van der Waals surface area contributed by atoms with Gasteiger partial charge in [0, 0.05) is 20.1 Å². The van der Waals surface area contributed by atoms with E-state index in [9.17, 15) is 4.79 Å². The van der Waals surface area contributed by atoms with Crippen molar-refractivity contribution in [3.8, 4) is 0 Å². The van der Waals surface area contributed by atoms with Gasteiger partial charge in [-0.25, -0.2) is 4.45 Å². The van der Waals surface area contributed by atoms with E-state index in [0.717, 1.165) is 0 Å². The lowest BCUT2D eigenvalue weighted by Crippen LogP contribution is -2.29. The van der Waals surface area contributed by atoms with Crippen LogP contribution in [0.1, 0.15) is 10.5 Å². The van der Waals surface area contributed by atoms with Crippen molar-refractivity contribution in [1.82, 2.24) is 19.7 Å². The Morgan fingerprint density at radius 1 is 1.62 bits per heavy atom. The summed E-state index contributed by atoms with van der Waals surface area (Å²) in [4.78, 5) is 13.8. The van der Waals surface area contributed by atoms with E-state index in [-0.39, 0.29) is 5.91 Å². The lowest BCUT2D eigenvalue weighted by Gasteiger charge is -2.15. The number of hydrogen-bond acceptors (Lipinski definition) is 4. The molecule has 88 valence electrons. The Balaban J connectivity index is 2.45. The average molecular weight is 295 g/mol. The first-order valence-corrected chi connectivity index (χ1v) is 11.2. The van der Waals surface area contributed by atoms with Crippen LogP contribution in [0.15, 0.2) is 0 Å². The van der Waals surface area contributed by atoms with Gasteiger partial charge in [-0.3, -0.25) is 4.79 Å². The van der Waals surface area contributed by atoms with E-state index < -0.39 is 7.45 Å². The van der Waals surface area contributed by atoms with Crippen LogP contribution in [0, 0.1) is 0 Å². The minimum Gasteiger partial charge on any atom is -0.365 e. The standard InChI is InChI=1S/C6H13N5OP4/c1-10-3-2-7-5-4(6(10)12)11(9-8-5)16(14)15-13/h7,15H,2-3,13-14H2,1H3. The summed E-state index contributed by atoms with van der Waals surface area (Å²) < 4.78 is 1.73. The van der Waals surface area contributed by atoms with Crippen LogP contribution in [0.5, 0.6) is 0 Å². The predicted octanol–water partition coefficient (Wildman–Crippen LogP) is 1.19. The second-order valence-corrected chi connectivity index (χ2v) is 12.1. The summed E-state index contributed by atoms with van der Waals surface area (Å²) in [6.07, 6.45) is 0. The highest BCUT2D eigenvalue weighted by Crippen LogP contribution is 2.66. The number of carbonyl (C=O) groups excluding carboxylic acids is 1. The van der Waals surface area contributed by atoms with Gasteiger partial charge in [0.05, 0.1) is 7.45 Å². The topological polar surface area (TPSA) is 63.0 Å². The average Bonchev–Trinajstić information content (AvgIpc) is 2.65. The molecule has 4 unspecified atom stereocenters. The fraction of sp³-hybridized carbons (Fsp3) is 0.500. The molecule has 0 saturated carbocycles. The minimum atomic E-state index is -0.546. The van der Waals surface area contributed by atoms with E-state index in [2.05, 4.69) is 33.5 Å². The molecule has 1 aromatic heterocycles. The summed E-state index contributed by atoms with van der Waals surface area (Å²) in [5, 5.41) is 11.2. The summed E-state index contributed by atoms with van der Waals surface area (Å²) in [7, 11) is 7.30. The van der Waals surface area contributed by atoms with Crippen molar-refractivity contribution >= 4 is 45.0 Å². The second kappa shape index (κ2) is 5.19. The molecular formula is C6H13N5OP4. The number of anilines is 1. The number of hydrogen-bond donors (Lipinski definition) is 1. The first kappa shape index (κ1) is 12.6. The van der Waals surface area contributed by atoms with Crippen molar-refractivity contribution in [1.29, 1.82) is 0 Å². The van der Waals surface area contributed by atoms with Gasteiger partial charge in [0.2, 0.25) is 0 Å². The van der Waals surface area contributed by atoms with Crippen molar-refractivity contribution in [3.63, 3.8) is 0 Å². The molecule has 2 heterocycles. The molecule has 1 N–H and O–H groups in total. The van der Waals surface area contributed by atoms with Gasteiger partial charge < -0.3 is 10.2 Å². The van der Waals surface area contributed by atoms with E-state index in [1.807, 2.05) is 0 Å². The third-order valence-electron chi connectivity index (χ3n) is 2.28. The molecule has 0 radical (unpaired) electrons. The molecule has 0 saturated heterocycles. The lowest BCUT2D eigenvalue weighted by atomic mass is 10.4. The molecule has 1 amide bonds. The Morgan fingerprint density at radius 3 is 3.06 bits per heavy atom. The zero-order chi connectivity index (χ0) is 11.7. The number of aromatic nitrogens is 3. The Labute approximate surface area is 101 Å². The van der Waals surface area contributed by atoms with Gasteiger partial charge in [-0.05, 0) is 7.96 Å². The molecule has 1 aliphatic heterocycles. The van der Waals surface area contributed by atoms with Crippen LogP contribution < -0.4 is 5.32 Å². The third-order valence-corrected chi connectivity index (χ3v) is 11.7. The normalized spacial score (nSPS) is 18.4. The number of nitrogens with one attached hydrogen (secondary N) is 1. The largest absolute Gasteiger partial charge is 0.365 e. The molecule has 0 aliphatic carbocycles. The SMILES string of the molecule is CN1CCNc2nnn(P(P)PP)c2C1=O. The van der Waals surface area contributed by atoms with Crippen molar-refractivity contribution in [2.75, 3.05) is 25.5 Å². The quantitative estimate of drug-likeness (QED) is 0.833. The molecule has 0 bridgehead atoms. The van der Waals surface area contributed by atoms with E-state index in [0.29, 0.717) is 32.6 Å². The molecular weight excluding hydrogens is 282 g/mol. The van der Waals surface area contributed by atoms with Gasteiger partial charge in [-0.15, -0.1) is 14.0 Å². The molecule has 0 fully saturated rings. The van der Waals surface area contributed by atoms with Crippen LogP contribution in [-0.2, 0) is 0 Å². The zero-order valence-electron chi connectivity index (χ0n) is 8.71. The van der Waals surface area contributed by atoms with Crippen LogP contribution in [0.4, 0.5) is 5.82 Å². The van der Waals surface area contributed by atoms with Crippen molar-refractivity contribution in [3.05, 3.63) is 5.69 Å². The highest BCUT2D eigenvalue weighted by atomic mass is 32.6. The monoisotopic (exact) mass is 295 g/mol. The fourth-order valence-electron chi connectivity index (χ4n) is 1.41. The van der Waals surface area contributed by atoms with Gasteiger partial charge in [0.1, 0.15) is 0 Å². The maximum Gasteiger partial charge on any atom is 0.276 e. The maximum absolute atomic E-state index is 12.1. The number of fused-ring (bicyclic) bond motifs is 1. The minimum absolute atomic E-state index is 0.0109. The summed E-state index contributed by atoms with van der Waals surface area (Å²) >= 11 is 0. The fourth-order valence-corrected chi connectivity index (χ4v) is 4.26. The maximum atomic E-state index is 12.1. The van der Waals surface area contributed by atoms with Crippen molar-refractivity contribution in [2.45, 2.75) is 0 Å². The summed E-state index contributed by atoms with van der Waals surface area (Å²) in [6, 6.07) is 0. The van der Waals surface area contributed by atoms with Crippen LogP contribution in [0.2, 0.25) is 0 Å². The summed E-state index contributed by atoms with van der Waals surface area (Å²) in [5.74, 6) is 0.593. The summed E-state index contributed by atoms with van der Waals surface area (Å²) in [5.41, 5.74) is 0.580.